The average Bonchev–Trinajstić information content (AvgIpc) is 3.28. The zero-order valence-corrected chi connectivity index (χ0v) is 13.4. The topological polar surface area (TPSA) is 82.5 Å². The second kappa shape index (κ2) is 6.20. The van der Waals surface area contributed by atoms with Crippen LogP contribution in [-0.2, 0) is 11.3 Å². The normalized spacial score (nSPS) is 10.9. The van der Waals surface area contributed by atoms with E-state index in [0.717, 1.165) is 11.3 Å². The maximum absolute atomic E-state index is 12.2. The Balaban J connectivity index is 1.46. The molecule has 1 aromatic carbocycles. The second-order valence-corrected chi connectivity index (χ2v) is 5.48. The number of rotatable bonds is 4. The van der Waals surface area contributed by atoms with Crippen molar-refractivity contribution in [2.45, 2.75) is 13.5 Å². The molecule has 7 heteroatoms. The van der Waals surface area contributed by atoms with Crippen molar-refractivity contribution in [3.63, 3.8) is 0 Å². The van der Waals surface area contributed by atoms with E-state index in [2.05, 4.69) is 15.1 Å². The lowest BCUT2D eigenvalue weighted by atomic mass is 10.2. The van der Waals surface area contributed by atoms with Gasteiger partial charge in [0.15, 0.2) is 12.3 Å². The number of pyridine rings is 1. The van der Waals surface area contributed by atoms with E-state index in [-0.39, 0.29) is 18.2 Å². The summed E-state index contributed by atoms with van der Waals surface area (Å²) in [5.41, 5.74) is 2.74. The van der Waals surface area contributed by atoms with E-state index in [0.29, 0.717) is 11.5 Å². The van der Waals surface area contributed by atoms with Gasteiger partial charge in [0.1, 0.15) is 5.65 Å². The van der Waals surface area contributed by atoms with Gasteiger partial charge in [0, 0.05) is 17.5 Å². The van der Waals surface area contributed by atoms with Crippen molar-refractivity contribution in [1.29, 1.82) is 0 Å². The third-order valence-corrected chi connectivity index (χ3v) is 3.73. The third-order valence-electron chi connectivity index (χ3n) is 3.73. The molecule has 25 heavy (non-hydrogen) atoms. The highest BCUT2D eigenvalue weighted by Gasteiger charge is 2.15. The minimum atomic E-state index is -0.539. The fourth-order valence-corrected chi connectivity index (χ4v) is 2.47. The van der Waals surface area contributed by atoms with E-state index in [4.69, 9.17) is 9.26 Å². The van der Waals surface area contributed by atoms with E-state index in [1.807, 2.05) is 59.9 Å². The molecule has 0 amide bonds. The molecular formula is C18H14N4O3. The van der Waals surface area contributed by atoms with Crippen LogP contribution in [0.2, 0.25) is 0 Å². The number of fused-ring (bicyclic) bond motifs is 1. The molecule has 0 aliphatic heterocycles. The van der Waals surface area contributed by atoms with Crippen molar-refractivity contribution >= 4 is 11.6 Å². The Labute approximate surface area is 142 Å². The first-order valence-electron chi connectivity index (χ1n) is 7.70. The molecule has 7 nitrogen and oxygen atoms in total. The standard InChI is InChI=1S/C18H14N4O3/c1-12-6-5-9-15-19-14(10-22(12)15)18(23)24-11-16-20-17(21-25-16)13-7-3-2-4-8-13/h2-10H,11H2,1H3. The number of aromatic nitrogens is 4. The highest BCUT2D eigenvalue weighted by Crippen LogP contribution is 2.15. The third kappa shape index (κ3) is 2.99. The Hall–Kier alpha value is -3.48. The molecule has 0 aliphatic rings. The lowest BCUT2D eigenvalue weighted by molar-refractivity contribution is 0.0423. The van der Waals surface area contributed by atoms with Gasteiger partial charge in [0.2, 0.25) is 5.82 Å². The number of ether oxygens (including phenoxy) is 1. The molecule has 4 aromatic rings. The van der Waals surface area contributed by atoms with Crippen LogP contribution in [0.3, 0.4) is 0 Å². The van der Waals surface area contributed by atoms with Crippen molar-refractivity contribution in [2.75, 3.05) is 0 Å². The summed E-state index contributed by atoms with van der Waals surface area (Å²) in [6, 6.07) is 15.1. The van der Waals surface area contributed by atoms with Gasteiger partial charge in [-0.1, -0.05) is 41.6 Å². The SMILES string of the molecule is Cc1cccc2nc(C(=O)OCc3nc(-c4ccccc4)no3)cn12. The maximum Gasteiger partial charge on any atom is 0.359 e. The molecule has 0 saturated carbocycles. The maximum atomic E-state index is 12.2. The monoisotopic (exact) mass is 334 g/mol. The fourth-order valence-electron chi connectivity index (χ4n) is 2.47. The van der Waals surface area contributed by atoms with Gasteiger partial charge in [0.05, 0.1) is 0 Å². The van der Waals surface area contributed by atoms with E-state index in [1.165, 1.54) is 0 Å². The number of aryl methyl sites for hydroxylation is 1. The smallest absolute Gasteiger partial charge is 0.359 e. The lowest BCUT2D eigenvalue weighted by Crippen LogP contribution is -2.05. The summed E-state index contributed by atoms with van der Waals surface area (Å²) in [5, 5.41) is 3.89. The van der Waals surface area contributed by atoms with Crippen LogP contribution in [0.4, 0.5) is 0 Å². The second-order valence-electron chi connectivity index (χ2n) is 5.48. The van der Waals surface area contributed by atoms with E-state index in [9.17, 15) is 4.79 Å². The van der Waals surface area contributed by atoms with Crippen molar-refractivity contribution in [3.8, 4) is 11.4 Å². The molecule has 0 unspecified atom stereocenters. The summed E-state index contributed by atoms with van der Waals surface area (Å²) < 4.78 is 12.2. The Morgan fingerprint density at radius 1 is 1.12 bits per heavy atom. The molecule has 4 rings (SSSR count). The first kappa shape index (κ1) is 15.1. The van der Waals surface area contributed by atoms with Crippen LogP contribution in [0.5, 0.6) is 0 Å². The van der Waals surface area contributed by atoms with E-state index < -0.39 is 5.97 Å². The van der Waals surface area contributed by atoms with E-state index >= 15 is 0 Å². The van der Waals surface area contributed by atoms with Crippen LogP contribution < -0.4 is 0 Å². The molecule has 0 saturated heterocycles. The van der Waals surface area contributed by atoms with Gasteiger partial charge in [-0.05, 0) is 19.1 Å². The number of carbonyl (C=O) groups excluding carboxylic acids is 1. The Morgan fingerprint density at radius 3 is 2.76 bits per heavy atom. The minimum absolute atomic E-state index is 0.106. The molecule has 0 spiro atoms. The number of imidazole rings is 1. The average molecular weight is 334 g/mol. The number of benzene rings is 1. The van der Waals surface area contributed by atoms with E-state index in [1.54, 1.807) is 6.20 Å². The number of hydrogen-bond acceptors (Lipinski definition) is 6. The first-order chi connectivity index (χ1) is 12.2. The van der Waals surface area contributed by atoms with Crippen LogP contribution in [-0.4, -0.2) is 25.5 Å². The molecule has 0 atom stereocenters. The highest BCUT2D eigenvalue weighted by molar-refractivity contribution is 5.87. The number of esters is 1. The summed E-state index contributed by atoms with van der Waals surface area (Å²) in [4.78, 5) is 20.7. The van der Waals surface area contributed by atoms with Gasteiger partial charge in [-0.25, -0.2) is 9.78 Å². The van der Waals surface area contributed by atoms with Crippen LogP contribution >= 0.6 is 0 Å². The van der Waals surface area contributed by atoms with Crippen LogP contribution in [0, 0.1) is 6.92 Å². The highest BCUT2D eigenvalue weighted by atomic mass is 16.6. The molecule has 124 valence electrons. The Kier molecular flexibility index (Phi) is 3.74. The number of nitrogens with zero attached hydrogens (tertiary/aromatic N) is 4. The first-order valence-corrected chi connectivity index (χ1v) is 7.70. The van der Waals surface area contributed by atoms with Crippen LogP contribution in [0.25, 0.3) is 17.0 Å². The quantitative estimate of drug-likeness (QED) is 0.534. The van der Waals surface area contributed by atoms with Gasteiger partial charge in [-0.2, -0.15) is 4.98 Å². The van der Waals surface area contributed by atoms with Crippen LogP contribution in [0.1, 0.15) is 22.1 Å². The number of hydrogen-bond donors (Lipinski definition) is 0. The molecule has 3 heterocycles. The zero-order valence-electron chi connectivity index (χ0n) is 13.4. The molecule has 0 radical (unpaired) electrons. The summed E-state index contributed by atoms with van der Waals surface area (Å²) in [7, 11) is 0. The lowest BCUT2D eigenvalue weighted by Gasteiger charge is -1.97. The predicted molar refractivity (Wildman–Crippen MR) is 88.8 cm³/mol. The molecule has 0 fully saturated rings. The van der Waals surface area contributed by atoms with Crippen molar-refractivity contribution in [2.24, 2.45) is 0 Å². The molecule has 0 aliphatic carbocycles. The molecule has 0 bridgehead atoms. The van der Waals surface area contributed by atoms with Gasteiger partial charge in [-0.3, -0.25) is 0 Å². The summed E-state index contributed by atoms with van der Waals surface area (Å²) in [6.07, 6.45) is 1.65. The Morgan fingerprint density at radius 2 is 1.96 bits per heavy atom. The number of carbonyl (C=O) groups is 1. The summed E-state index contributed by atoms with van der Waals surface area (Å²) in [6.45, 7) is 1.83. The van der Waals surface area contributed by atoms with Crippen LogP contribution in [0.15, 0.2) is 59.3 Å². The van der Waals surface area contributed by atoms with Gasteiger partial charge in [0.25, 0.3) is 5.89 Å². The van der Waals surface area contributed by atoms with Crippen molar-refractivity contribution in [1.82, 2.24) is 19.5 Å². The van der Waals surface area contributed by atoms with Crippen molar-refractivity contribution < 1.29 is 14.1 Å². The zero-order chi connectivity index (χ0) is 17.2. The summed E-state index contributed by atoms with van der Waals surface area (Å²) in [5.74, 6) is 0.143. The molecule has 0 N–H and O–H groups in total. The molecular weight excluding hydrogens is 320 g/mol. The minimum Gasteiger partial charge on any atom is -0.451 e. The fraction of sp³-hybridized carbons (Fsp3) is 0.111. The predicted octanol–water partition coefficient (Wildman–Crippen LogP) is 3.05. The molecule has 3 aromatic heterocycles. The summed E-state index contributed by atoms with van der Waals surface area (Å²) >= 11 is 0. The van der Waals surface area contributed by atoms with Gasteiger partial charge >= 0.3 is 5.97 Å². The van der Waals surface area contributed by atoms with Gasteiger partial charge in [-0.15, -0.1) is 0 Å². The van der Waals surface area contributed by atoms with Gasteiger partial charge < -0.3 is 13.7 Å². The Bertz CT molecular complexity index is 1040. The van der Waals surface area contributed by atoms with Crippen molar-refractivity contribution in [3.05, 3.63) is 72.0 Å². The largest absolute Gasteiger partial charge is 0.451 e.